The van der Waals surface area contributed by atoms with Gasteiger partial charge < -0.3 is 14.4 Å². The third-order valence-corrected chi connectivity index (χ3v) is 2.75. The average molecular weight is 305 g/mol. The molecule has 0 aromatic carbocycles. The van der Waals surface area contributed by atoms with Crippen molar-refractivity contribution in [2.24, 2.45) is 0 Å². The van der Waals surface area contributed by atoms with Crippen LogP contribution in [0.15, 0.2) is 12.4 Å². The fourth-order valence-corrected chi connectivity index (χ4v) is 1.83. The Balaban J connectivity index is 2.58. The summed E-state index contributed by atoms with van der Waals surface area (Å²) in [6, 6.07) is 0. The summed E-state index contributed by atoms with van der Waals surface area (Å²) in [6.07, 6.45) is 5.04. The molecule has 2 rings (SSSR count). The van der Waals surface area contributed by atoms with Gasteiger partial charge in [-0.15, -0.1) is 5.10 Å². The molecule has 8 nitrogen and oxygen atoms in total. The smallest absolute Gasteiger partial charge is 0.341 e. The van der Waals surface area contributed by atoms with E-state index >= 15 is 0 Å². The molecule has 0 saturated heterocycles. The van der Waals surface area contributed by atoms with Crippen LogP contribution in [-0.4, -0.2) is 58.3 Å². The maximum absolute atomic E-state index is 12.1. The predicted octanol–water partition coefficient (Wildman–Crippen LogP) is 0.980. The van der Waals surface area contributed by atoms with Crippen molar-refractivity contribution < 1.29 is 14.3 Å². The monoisotopic (exact) mass is 305 g/mol. The summed E-state index contributed by atoms with van der Waals surface area (Å²) in [4.78, 5) is 22.4. The summed E-state index contributed by atoms with van der Waals surface area (Å²) in [5, 5.41) is 4.32. The Morgan fingerprint density at radius 1 is 1.45 bits per heavy atom. The molecule has 2 aromatic heterocycles. The van der Waals surface area contributed by atoms with Crippen molar-refractivity contribution in [1.82, 2.24) is 24.5 Å². The lowest BCUT2D eigenvalue weighted by Crippen LogP contribution is -2.12. The van der Waals surface area contributed by atoms with Crippen molar-refractivity contribution in [3.05, 3.63) is 29.5 Å². The van der Waals surface area contributed by atoms with Crippen LogP contribution in [0.2, 0.25) is 0 Å². The van der Waals surface area contributed by atoms with E-state index in [1.165, 1.54) is 10.7 Å². The minimum Gasteiger partial charge on any atom is -0.462 e. The molecule has 0 atom stereocenters. The highest BCUT2D eigenvalue weighted by molar-refractivity contribution is 5.92. The Labute approximate surface area is 128 Å². The van der Waals surface area contributed by atoms with Crippen molar-refractivity contribution in [2.75, 3.05) is 27.8 Å². The van der Waals surface area contributed by atoms with Crippen molar-refractivity contribution in [3.63, 3.8) is 0 Å². The number of fused-ring (bicyclic) bond motifs is 1. The van der Waals surface area contributed by atoms with Crippen LogP contribution in [-0.2, 0) is 16.1 Å². The minimum atomic E-state index is -0.445. The van der Waals surface area contributed by atoms with Gasteiger partial charge in [-0.1, -0.05) is 0 Å². The second kappa shape index (κ2) is 6.99. The van der Waals surface area contributed by atoms with E-state index in [2.05, 4.69) is 15.1 Å². The molecular formula is C14H19N5O3. The van der Waals surface area contributed by atoms with E-state index in [-0.39, 0.29) is 6.61 Å². The van der Waals surface area contributed by atoms with Gasteiger partial charge in [-0.3, -0.25) is 0 Å². The molecule has 0 amide bonds. The van der Waals surface area contributed by atoms with Crippen molar-refractivity contribution in [1.29, 1.82) is 0 Å². The van der Waals surface area contributed by atoms with Gasteiger partial charge in [-0.25, -0.2) is 9.78 Å². The highest BCUT2D eigenvalue weighted by atomic mass is 16.5. The zero-order chi connectivity index (χ0) is 16.1. The van der Waals surface area contributed by atoms with Gasteiger partial charge in [0, 0.05) is 33.6 Å². The summed E-state index contributed by atoms with van der Waals surface area (Å²) < 4.78 is 11.6. The number of rotatable bonds is 6. The molecule has 2 aromatic rings. The molecule has 0 radical (unpaired) electrons. The molecule has 0 aliphatic carbocycles. The SMILES string of the molecule is CCOC(=O)c1cnc2nc(COC)nn2c1C=CN(C)C. The van der Waals surface area contributed by atoms with Crippen LogP contribution >= 0.6 is 0 Å². The van der Waals surface area contributed by atoms with Gasteiger partial charge >= 0.3 is 5.97 Å². The molecule has 0 aliphatic rings. The lowest BCUT2D eigenvalue weighted by molar-refractivity contribution is 0.0525. The Morgan fingerprint density at radius 2 is 2.23 bits per heavy atom. The van der Waals surface area contributed by atoms with E-state index in [0.717, 1.165) is 0 Å². The van der Waals surface area contributed by atoms with Crippen LogP contribution < -0.4 is 0 Å². The van der Waals surface area contributed by atoms with E-state index in [1.807, 2.05) is 25.2 Å². The first-order chi connectivity index (χ1) is 10.6. The summed E-state index contributed by atoms with van der Waals surface area (Å²) >= 11 is 0. The Kier molecular flexibility index (Phi) is 5.05. The summed E-state index contributed by atoms with van der Waals surface area (Å²) in [5.41, 5.74) is 0.897. The van der Waals surface area contributed by atoms with Crippen molar-refractivity contribution in [2.45, 2.75) is 13.5 Å². The maximum atomic E-state index is 12.1. The average Bonchev–Trinajstić information content (AvgIpc) is 2.87. The standard InChI is InChI=1S/C14H19N5O3/c1-5-22-13(20)10-8-15-14-16-12(9-21-4)17-19(14)11(10)6-7-18(2)3/h6-8H,5,9H2,1-4H3. The first-order valence-electron chi connectivity index (χ1n) is 6.82. The Morgan fingerprint density at radius 3 is 2.86 bits per heavy atom. The van der Waals surface area contributed by atoms with E-state index in [9.17, 15) is 4.79 Å². The zero-order valence-electron chi connectivity index (χ0n) is 13.1. The van der Waals surface area contributed by atoms with Crippen LogP contribution in [0.4, 0.5) is 0 Å². The summed E-state index contributed by atoms with van der Waals surface area (Å²) in [5.74, 6) is 0.452. The van der Waals surface area contributed by atoms with E-state index in [1.54, 1.807) is 20.1 Å². The number of carbonyl (C=O) groups is 1. The Hall–Kier alpha value is -2.48. The lowest BCUT2D eigenvalue weighted by Gasteiger charge is -2.08. The number of methoxy groups -OCH3 is 1. The number of nitrogens with zero attached hydrogens (tertiary/aromatic N) is 5. The third kappa shape index (κ3) is 3.40. The number of ether oxygens (including phenoxy) is 2. The van der Waals surface area contributed by atoms with Crippen LogP contribution in [0.1, 0.15) is 28.8 Å². The summed E-state index contributed by atoms with van der Waals surface area (Å²) in [7, 11) is 5.34. The molecule has 0 fully saturated rings. The highest BCUT2D eigenvalue weighted by Gasteiger charge is 2.17. The highest BCUT2D eigenvalue weighted by Crippen LogP contribution is 2.14. The van der Waals surface area contributed by atoms with Gasteiger partial charge in [0.25, 0.3) is 5.78 Å². The van der Waals surface area contributed by atoms with Gasteiger partial charge in [-0.05, 0) is 13.0 Å². The molecule has 0 aliphatic heterocycles. The van der Waals surface area contributed by atoms with Crippen LogP contribution in [0.3, 0.4) is 0 Å². The normalized spacial score (nSPS) is 11.3. The predicted molar refractivity (Wildman–Crippen MR) is 80.2 cm³/mol. The van der Waals surface area contributed by atoms with Crippen molar-refractivity contribution >= 4 is 17.8 Å². The molecule has 2 heterocycles. The molecule has 8 heteroatoms. The van der Waals surface area contributed by atoms with E-state index in [0.29, 0.717) is 29.5 Å². The number of carbonyl (C=O) groups excluding carboxylic acids is 1. The number of aromatic nitrogens is 4. The fraction of sp³-hybridized carbons (Fsp3) is 0.429. The quantitative estimate of drug-likeness (QED) is 0.736. The maximum Gasteiger partial charge on any atom is 0.341 e. The largest absolute Gasteiger partial charge is 0.462 e. The molecule has 0 unspecified atom stereocenters. The Bertz CT molecular complexity index is 693. The first kappa shape index (κ1) is 15.9. The van der Waals surface area contributed by atoms with Crippen LogP contribution in [0, 0.1) is 0 Å². The van der Waals surface area contributed by atoms with Gasteiger partial charge in [0.15, 0.2) is 5.82 Å². The van der Waals surface area contributed by atoms with E-state index in [4.69, 9.17) is 9.47 Å². The van der Waals surface area contributed by atoms with Gasteiger partial charge in [0.2, 0.25) is 0 Å². The molecule has 0 bridgehead atoms. The third-order valence-electron chi connectivity index (χ3n) is 2.75. The molecule has 0 saturated carbocycles. The first-order valence-corrected chi connectivity index (χ1v) is 6.82. The second-order valence-corrected chi connectivity index (χ2v) is 4.73. The fourth-order valence-electron chi connectivity index (χ4n) is 1.83. The molecular weight excluding hydrogens is 286 g/mol. The van der Waals surface area contributed by atoms with Gasteiger partial charge in [0.1, 0.15) is 12.2 Å². The molecule has 0 N–H and O–H groups in total. The number of esters is 1. The van der Waals surface area contributed by atoms with E-state index < -0.39 is 5.97 Å². The lowest BCUT2D eigenvalue weighted by atomic mass is 10.2. The van der Waals surface area contributed by atoms with Gasteiger partial charge in [0.05, 0.1) is 12.3 Å². The molecule has 118 valence electrons. The molecule has 22 heavy (non-hydrogen) atoms. The van der Waals surface area contributed by atoms with Crippen LogP contribution in [0.25, 0.3) is 11.9 Å². The minimum absolute atomic E-state index is 0.273. The topological polar surface area (TPSA) is 81.8 Å². The van der Waals surface area contributed by atoms with Gasteiger partial charge in [-0.2, -0.15) is 9.50 Å². The number of hydrogen-bond donors (Lipinski definition) is 0. The molecule has 0 spiro atoms. The van der Waals surface area contributed by atoms with Crippen LogP contribution in [0.5, 0.6) is 0 Å². The second-order valence-electron chi connectivity index (χ2n) is 4.73. The summed E-state index contributed by atoms with van der Waals surface area (Å²) in [6.45, 7) is 2.32. The zero-order valence-corrected chi connectivity index (χ0v) is 13.1. The number of hydrogen-bond acceptors (Lipinski definition) is 7. The van der Waals surface area contributed by atoms with Crippen molar-refractivity contribution in [3.8, 4) is 0 Å².